The lowest BCUT2D eigenvalue weighted by Crippen LogP contribution is -2.31. The van der Waals surface area contributed by atoms with E-state index in [4.69, 9.17) is 14.8 Å². The molecule has 1 aromatic carbocycles. The number of nitrogens with zero attached hydrogens (tertiary/aromatic N) is 1. The van der Waals surface area contributed by atoms with Gasteiger partial charge < -0.3 is 14.8 Å². The van der Waals surface area contributed by atoms with Gasteiger partial charge in [0.2, 0.25) is 6.08 Å². The van der Waals surface area contributed by atoms with Crippen molar-refractivity contribution in [3.8, 4) is 5.75 Å². The van der Waals surface area contributed by atoms with Gasteiger partial charge in [0.1, 0.15) is 5.75 Å². The maximum absolute atomic E-state index is 9.90. The predicted octanol–water partition coefficient (Wildman–Crippen LogP) is 0.627. The molecule has 0 aliphatic carbocycles. The first-order chi connectivity index (χ1) is 8.60. The van der Waals surface area contributed by atoms with Crippen LogP contribution in [0, 0.1) is 0 Å². The summed E-state index contributed by atoms with van der Waals surface area (Å²) < 4.78 is 4.97. The lowest BCUT2D eigenvalue weighted by molar-refractivity contribution is 0.403. The zero-order valence-electron chi connectivity index (χ0n) is 10.9. The molecule has 2 N–H and O–H groups in total. The third-order valence-electron chi connectivity index (χ3n) is 1.90. The first kappa shape index (κ1) is 16.4. The molecule has 5 nitrogen and oxygen atoms in total. The number of methoxy groups -OCH3 is 1. The van der Waals surface area contributed by atoms with E-state index in [2.05, 4.69) is 18.8 Å². The van der Waals surface area contributed by atoms with Crippen LogP contribution in [-0.2, 0) is 11.3 Å². The molecule has 18 heavy (non-hydrogen) atoms. The zero-order valence-corrected chi connectivity index (χ0v) is 10.9. The molecule has 0 amide bonds. The van der Waals surface area contributed by atoms with E-state index < -0.39 is 7.12 Å². The summed E-state index contributed by atoms with van der Waals surface area (Å²) in [4.78, 5) is 13.3. The van der Waals surface area contributed by atoms with Crippen LogP contribution in [0.1, 0.15) is 25.8 Å². The van der Waals surface area contributed by atoms with Gasteiger partial charge in [0, 0.05) is 5.46 Å². The number of hydrogen-bond acceptors (Lipinski definition) is 5. The first-order valence-electron chi connectivity index (χ1n) is 5.67. The van der Waals surface area contributed by atoms with Crippen molar-refractivity contribution in [1.29, 1.82) is 0 Å². The highest BCUT2D eigenvalue weighted by atomic mass is 16.5. The summed E-state index contributed by atoms with van der Waals surface area (Å²) >= 11 is 0. The fourth-order valence-electron chi connectivity index (χ4n) is 1.19. The maximum atomic E-state index is 9.90. The van der Waals surface area contributed by atoms with Gasteiger partial charge in [-0.05, 0) is 11.6 Å². The standard InChI is InChI=1S/C9H10BNO4.C3H8/c1-15-9-4-7(5-11-6-12)2-3-8(9)10(13)14;1-3-2/h2-4,13-14H,5H2,1H3;3H2,1-2H3. The molecule has 0 unspecified atom stereocenters. The van der Waals surface area contributed by atoms with Crippen molar-refractivity contribution in [2.75, 3.05) is 7.11 Å². The molecule has 1 rings (SSSR count). The average Bonchev–Trinajstić information content (AvgIpc) is 2.36. The maximum Gasteiger partial charge on any atom is 0.492 e. The van der Waals surface area contributed by atoms with Crippen LogP contribution in [0.15, 0.2) is 23.2 Å². The third-order valence-corrected chi connectivity index (χ3v) is 1.90. The Balaban J connectivity index is 0.000000873. The minimum atomic E-state index is -1.58. The molecule has 0 aromatic heterocycles. The molecule has 0 saturated heterocycles. The van der Waals surface area contributed by atoms with Crippen LogP contribution in [0.3, 0.4) is 0 Å². The molecule has 0 aliphatic heterocycles. The van der Waals surface area contributed by atoms with Crippen LogP contribution in [0.2, 0.25) is 0 Å². The molecular weight excluding hydrogens is 233 g/mol. The number of rotatable bonds is 4. The minimum Gasteiger partial charge on any atom is -0.497 e. The van der Waals surface area contributed by atoms with Gasteiger partial charge in [0.05, 0.1) is 13.7 Å². The van der Waals surface area contributed by atoms with E-state index in [0.29, 0.717) is 5.75 Å². The van der Waals surface area contributed by atoms with Crippen LogP contribution in [0.4, 0.5) is 0 Å². The second-order valence-electron chi connectivity index (χ2n) is 3.56. The van der Waals surface area contributed by atoms with E-state index >= 15 is 0 Å². The van der Waals surface area contributed by atoms with Crippen LogP contribution < -0.4 is 10.2 Å². The van der Waals surface area contributed by atoms with E-state index in [-0.39, 0.29) is 12.0 Å². The Morgan fingerprint density at radius 3 is 2.44 bits per heavy atom. The Kier molecular flexibility index (Phi) is 8.57. The summed E-state index contributed by atoms with van der Waals surface area (Å²) in [5, 5.41) is 18.0. The molecule has 0 aliphatic rings. The monoisotopic (exact) mass is 251 g/mol. The smallest absolute Gasteiger partial charge is 0.492 e. The van der Waals surface area contributed by atoms with Gasteiger partial charge in [0.25, 0.3) is 0 Å². The van der Waals surface area contributed by atoms with Crippen molar-refractivity contribution in [3.63, 3.8) is 0 Å². The second-order valence-corrected chi connectivity index (χ2v) is 3.56. The zero-order chi connectivity index (χ0) is 14.0. The molecule has 0 fully saturated rings. The normalized spacial score (nSPS) is 8.72. The Labute approximate surface area is 107 Å². The minimum absolute atomic E-state index is 0.196. The predicted molar refractivity (Wildman–Crippen MR) is 70.6 cm³/mol. The van der Waals surface area contributed by atoms with Crippen LogP contribution in [0.25, 0.3) is 0 Å². The van der Waals surface area contributed by atoms with Gasteiger partial charge in [0.15, 0.2) is 0 Å². The van der Waals surface area contributed by atoms with Crippen molar-refractivity contribution in [2.24, 2.45) is 4.99 Å². The van der Waals surface area contributed by atoms with Crippen molar-refractivity contribution >= 4 is 18.7 Å². The van der Waals surface area contributed by atoms with E-state index in [1.54, 1.807) is 12.1 Å². The van der Waals surface area contributed by atoms with Gasteiger partial charge in [-0.1, -0.05) is 32.4 Å². The fourth-order valence-corrected chi connectivity index (χ4v) is 1.19. The van der Waals surface area contributed by atoms with Crippen molar-refractivity contribution in [1.82, 2.24) is 0 Å². The largest absolute Gasteiger partial charge is 0.497 e. The number of benzene rings is 1. The summed E-state index contributed by atoms with van der Waals surface area (Å²) in [6, 6.07) is 4.74. The quantitative estimate of drug-likeness (QED) is 0.467. The Hall–Kier alpha value is -1.62. The van der Waals surface area contributed by atoms with E-state index in [1.165, 1.54) is 25.7 Å². The molecule has 1 aromatic rings. The van der Waals surface area contributed by atoms with E-state index in [0.717, 1.165) is 5.56 Å². The molecule has 0 atom stereocenters. The number of aliphatic imine (C=N–C) groups is 1. The SMILES string of the molecule is CCC.COc1cc(CN=C=O)ccc1B(O)O. The molecule has 0 bridgehead atoms. The van der Waals surface area contributed by atoms with Crippen LogP contribution in [-0.4, -0.2) is 30.4 Å². The molecule has 0 saturated carbocycles. The van der Waals surface area contributed by atoms with Crippen molar-refractivity contribution in [3.05, 3.63) is 23.8 Å². The number of ether oxygens (including phenoxy) is 1. The third kappa shape index (κ3) is 5.64. The highest BCUT2D eigenvalue weighted by molar-refractivity contribution is 6.59. The molecule has 0 radical (unpaired) electrons. The summed E-state index contributed by atoms with van der Waals surface area (Å²) in [6.07, 6.45) is 2.68. The van der Waals surface area contributed by atoms with Crippen LogP contribution >= 0.6 is 0 Å². The van der Waals surface area contributed by atoms with E-state index in [9.17, 15) is 4.79 Å². The van der Waals surface area contributed by atoms with Gasteiger partial charge in [-0.3, -0.25) is 0 Å². The number of hydrogen-bond donors (Lipinski definition) is 2. The van der Waals surface area contributed by atoms with Gasteiger partial charge in [-0.15, -0.1) is 0 Å². The lowest BCUT2D eigenvalue weighted by Gasteiger charge is -2.08. The topological polar surface area (TPSA) is 79.1 Å². The Morgan fingerprint density at radius 1 is 1.39 bits per heavy atom. The molecule has 0 heterocycles. The summed E-state index contributed by atoms with van der Waals surface area (Å²) in [6.45, 7) is 4.45. The lowest BCUT2D eigenvalue weighted by atomic mass is 9.79. The number of isocyanates is 1. The molecular formula is C12H18BNO4. The second kappa shape index (κ2) is 9.42. The Morgan fingerprint density at radius 2 is 2.00 bits per heavy atom. The fraction of sp³-hybridized carbons (Fsp3) is 0.417. The summed E-state index contributed by atoms with van der Waals surface area (Å²) in [7, 11) is -0.155. The van der Waals surface area contributed by atoms with E-state index in [1.807, 2.05) is 0 Å². The number of carbonyl (C=O) groups excluding carboxylic acids is 1. The summed E-state index contributed by atoms with van der Waals surface area (Å²) in [5.41, 5.74) is 1.01. The molecule has 6 heteroatoms. The van der Waals surface area contributed by atoms with Crippen molar-refractivity contribution < 1.29 is 19.6 Å². The molecule has 98 valence electrons. The highest BCUT2D eigenvalue weighted by Gasteiger charge is 2.16. The highest BCUT2D eigenvalue weighted by Crippen LogP contribution is 2.11. The first-order valence-corrected chi connectivity index (χ1v) is 5.67. The average molecular weight is 251 g/mol. The van der Waals surface area contributed by atoms with Gasteiger partial charge in [-0.2, -0.15) is 0 Å². The van der Waals surface area contributed by atoms with Gasteiger partial charge >= 0.3 is 7.12 Å². The van der Waals surface area contributed by atoms with Gasteiger partial charge in [-0.25, -0.2) is 9.79 Å². The molecule has 0 spiro atoms. The van der Waals surface area contributed by atoms with Crippen molar-refractivity contribution in [2.45, 2.75) is 26.8 Å². The van der Waals surface area contributed by atoms with Crippen LogP contribution in [0.5, 0.6) is 5.75 Å². The summed E-state index contributed by atoms with van der Waals surface area (Å²) in [5.74, 6) is 0.351. The Bertz CT molecular complexity index is 403.